The van der Waals surface area contributed by atoms with Gasteiger partial charge in [-0.05, 0) is 24.1 Å². The molecule has 1 atom stereocenters. The standard InChI is InChI=1S/C12H15FO3/c13-10-3-1-9(2-4-10)7-11(14)8-12-15-5-6-16-12/h1-4,11-12,14H,5-8H2. The van der Waals surface area contributed by atoms with Crippen molar-refractivity contribution in [2.24, 2.45) is 0 Å². The van der Waals surface area contributed by atoms with E-state index in [1.54, 1.807) is 12.1 Å². The van der Waals surface area contributed by atoms with Gasteiger partial charge < -0.3 is 14.6 Å². The van der Waals surface area contributed by atoms with Crippen molar-refractivity contribution in [2.75, 3.05) is 13.2 Å². The summed E-state index contributed by atoms with van der Waals surface area (Å²) in [4.78, 5) is 0. The predicted octanol–water partition coefficient (Wildman–Crippen LogP) is 1.49. The molecule has 0 aliphatic carbocycles. The van der Waals surface area contributed by atoms with Crippen molar-refractivity contribution < 1.29 is 19.0 Å². The molecule has 0 aromatic heterocycles. The van der Waals surface area contributed by atoms with E-state index in [-0.39, 0.29) is 12.1 Å². The Morgan fingerprint density at radius 2 is 1.88 bits per heavy atom. The van der Waals surface area contributed by atoms with Crippen LogP contribution in [0.15, 0.2) is 24.3 Å². The van der Waals surface area contributed by atoms with Gasteiger partial charge >= 0.3 is 0 Å². The molecule has 1 fully saturated rings. The Morgan fingerprint density at radius 3 is 2.50 bits per heavy atom. The molecule has 4 heteroatoms. The topological polar surface area (TPSA) is 38.7 Å². The summed E-state index contributed by atoms with van der Waals surface area (Å²) in [7, 11) is 0. The number of aliphatic hydroxyl groups is 1. The van der Waals surface area contributed by atoms with Crippen LogP contribution in [-0.2, 0) is 15.9 Å². The highest BCUT2D eigenvalue weighted by atomic mass is 19.1. The van der Waals surface area contributed by atoms with Gasteiger partial charge in [-0.25, -0.2) is 4.39 Å². The van der Waals surface area contributed by atoms with Gasteiger partial charge in [0.1, 0.15) is 5.82 Å². The van der Waals surface area contributed by atoms with Crippen LogP contribution in [0.5, 0.6) is 0 Å². The third-order valence-electron chi connectivity index (χ3n) is 2.54. The molecular weight excluding hydrogens is 211 g/mol. The SMILES string of the molecule is OC(Cc1ccc(F)cc1)CC1OCCO1. The van der Waals surface area contributed by atoms with Crippen LogP contribution in [0.4, 0.5) is 4.39 Å². The van der Waals surface area contributed by atoms with Gasteiger partial charge in [0, 0.05) is 6.42 Å². The summed E-state index contributed by atoms with van der Waals surface area (Å²) < 4.78 is 23.1. The van der Waals surface area contributed by atoms with Gasteiger partial charge in [0.25, 0.3) is 0 Å². The number of hydrogen-bond acceptors (Lipinski definition) is 3. The molecule has 1 saturated heterocycles. The molecular formula is C12H15FO3. The van der Waals surface area contributed by atoms with Crippen LogP contribution >= 0.6 is 0 Å². The molecule has 88 valence electrons. The zero-order chi connectivity index (χ0) is 11.4. The molecule has 1 aromatic carbocycles. The quantitative estimate of drug-likeness (QED) is 0.845. The third kappa shape index (κ3) is 3.27. The molecule has 0 radical (unpaired) electrons. The molecule has 1 N–H and O–H groups in total. The third-order valence-corrected chi connectivity index (χ3v) is 2.54. The first-order valence-corrected chi connectivity index (χ1v) is 5.40. The summed E-state index contributed by atoms with van der Waals surface area (Å²) in [5.41, 5.74) is 0.909. The van der Waals surface area contributed by atoms with Crippen molar-refractivity contribution in [3.05, 3.63) is 35.6 Å². The summed E-state index contributed by atoms with van der Waals surface area (Å²) in [6, 6.07) is 6.14. The minimum atomic E-state index is -0.520. The Morgan fingerprint density at radius 1 is 1.25 bits per heavy atom. The van der Waals surface area contributed by atoms with Crippen LogP contribution in [0, 0.1) is 5.82 Å². The molecule has 1 aliphatic rings. The van der Waals surface area contributed by atoms with Gasteiger partial charge in [-0.15, -0.1) is 0 Å². The number of aliphatic hydroxyl groups excluding tert-OH is 1. The van der Waals surface area contributed by atoms with Crippen LogP contribution in [0.25, 0.3) is 0 Å². The van der Waals surface area contributed by atoms with Gasteiger partial charge in [0.05, 0.1) is 19.3 Å². The first-order valence-electron chi connectivity index (χ1n) is 5.40. The van der Waals surface area contributed by atoms with E-state index in [1.807, 2.05) is 0 Å². The monoisotopic (exact) mass is 226 g/mol. The highest BCUT2D eigenvalue weighted by Gasteiger charge is 2.20. The normalized spacial score (nSPS) is 18.9. The van der Waals surface area contributed by atoms with E-state index in [4.69, 9.17) is 9.47 Å². The maximum absolute atomic E-state index is 12.6. The predicted molar refractivity (Wildman–Crippen MR) is 56.4 cm³/mol. The molecule has 1 heterocycles. The number of halogens is 1. The van der Waals surface area contributed by atoms with Crippen molar-refractivity contribution in [1.82, 2.24) is 0 Å². The van der Waals surface area contributed by atoms with Crippen molar-refractivity contribution in [3.8, 4) is 0 Å². The second-order valence-corrected chi connectivity index (χ2v) is 3.89. The Hall–Kier alpha value is -0.970. The fourth-order valence-electron chi connectivity index (χ4n) is 1.74. The molecule has 0 saturated carbocycles. The average molecular weight is 226 g/mol. The molecule has 0 amide bonds. The largest absolute Gasteiger partial charge is 0.393 e. The van der Waals surface area contributed by atoms with Crippen LogP contribution in [0.1, 0.15) is 12.0 Å². The van der Waals surface area contributed by atoms with E-state index in [1.165, 1.54) is 12.1 Å². The van der Waals surface area contributed by atoms with Crippen LogP contribution in [0.3, 0.4) is 0 Å². The zero-order valence-corrected chi connectivity index (χ0v) is 8.93. The summed E-state index contributed by atoms with van der Waals surface area (Å²) in [5.74, 6) is -0.263. The molecule has 3 nitrogen and oxygen atoms in total. The summed E-state index contributed by atoms with van der Waals surface area (Å²) in [6.07, 6.45) is 0.130. The van der Waals surface area contributed by atoms with Crippen LogP contribution in [0.2, 0.25) is 0 Å². The molecule has 2 rings (SSSR count). The maximum atomic E-state index is 12.6. The van der Waals surface area contributed by atoms with E-state index in [0.717, 1.165) is 5.56 Å². The number of benzene rings is 1. The van der Waals surface area contributed by atoms with E-state index in [2.05, 4.69) is 0 Å². The lowest BCUT2D eigenvalue weighted by molar-refractivity contribution is -0.0698. The molecule has 1 aliphatic heterocycles. The lowest BCUT2D eigenvalue weighted by atomic mass is 10.1. The van der Waals surface area contributed by atoms with E-state index in [0.29, 0.717) is 26.1 Å². The number of hydrogen-bond donors (Lipinski definition) is 1. The fourth-order valence-corrected chi connectivity index (χ4v) is 1.74. The van der Waals surface area contributed by atoms with Crippen molar-refractivity contribution in [1.29, 1.82) is 0 Å². The van der Waals surface area contributed by atoms with E-state index in [9.17, 15) is 9.50 Å². The zero-order valence-electron chi connectivity index (χ0n) is 8.93. The van der Waals surface area contributed by atoms with Crippen molar-refractivity contribution in [3.63, 3.8) is 0 Å². The van der Waals surface area contributed by atoms with Crippen molar-refractivity contribution >= 4 is 0 Å². The van der Waals surface area contributed by atoms with Crippen LogP contribution in [-0.4, -0.2) is 30.7 Å². The van der Waals surface area contributed by atoms with Gasteiger partial charge in [-0.2, -0.15) is 0 Å². The Kier molecular flexibility index (Phi) is 3.88. The Labute approximate surface area is 93.8 Å². The average Bonchev–Trinajstić information content (AvgIpc) is 2.74. The molecule has 1 unspecified atom stereocenters. The van der Waals surface area contributed by atoms with E-state index < -0.39 is 6.10 Å². The van der Waals surface area contributed by atoms with Crippen LogP contribution < -0.4 is 0 Å². The molecule has 0 spiro atoms. The molecule has 16 heavy (non-hydrogen) atoms. The van der Waals surface area contributed by atoms with Gasteiger partial charge in [0.15, 0.2) is 6.29 Å². The first-order chi connectivity index (χ1) is 7.74. The first kappa shape index (κ1) is 11.5. The second-order valence-electron chi connectivity index (χ2n) is 3.89. The fraction of sp³-hybridized carbons (Fsp3) is 0.500. The summed E-state index contributed by atoms with van der Waals surface area (Å²) >= 11 is 0. The molecule has 0 bridgehead atoms. The van der Waals surface area contributed by atoms with Gasteiger partial charge in [0.2, 0.25) is 0 Å². The van der Waals surface area contributed by atoms with E-state index >= 15 is 0 Å². The minimum Gasteiger partial charge on any atom is -0.393 e. The minimum absolute atomic E-state index is 0.263. The Bertz CT molecular complexity index is 320. The lowest BCUT2D eigenvalue weighted by Gasteiger charge is -2.14. The maximum Gasteiger partial charge on any atom is 0.160 e. The van der Waals surface area contributed by atoms with Gasteiger partial charge in [-0.3, -0.25) is 0 Å². The Balaban J connectivity index is 1.81. The number of rotatable bonds is 4. The highest BCUT2D eigenvalue weighted by molar-refractivity contribution is 5.16. The lowest BCUT2D eigenvalue weighted by Crippen LogP contribution is -2.20. The highest BCUT2D eigenvalue weighted by Crippen LogP contribution is 2.14. The van der Waals surface area contributed by atoms with Crippen molar-refractivity contribution in [2.45, 2.75) is 25.2 Å². The summed E-state index contributed by atoms with van der Waals surface area (Å²) in [6.45, 7) is 1.18. The smallest absolute Gasteiger partial charge is 0.160 e. The second kappa shape index (κ2) is 5.39. The molecule has 1 aromatic rings. The van der Waals surface area contributed by atoms with Gasteiger partial charge in [-0.1, -0.05) is 12.1 Å². The number of ether oxygens (including phenoxy) is 2. The summed E-state index contributed by atoms with van der Waals surface area (Å²) in [5, 5.41) is 9.78.